The molecule has 0 unspecified atom stereocenters. The highest BCUT2D eigenvalue weighted by Gasteiger charge is 2.11. The van der Waals surface area contributed by atoms with Gasteiger partial charge in [0.25, 0.3) is 0 Å². The highest BCUT2D eigenvalue weighted by atomic mass is 16.5. The number of rotatable bonds is 8. The number of nitrogens with one attached hydrogen (secondary N) is 2. The molecular weight excluding hydrogens is 330 g/mol. The third-order valence-corrected chi connectivity index (χ3v) is 3.54. The smallest absolute Gasteiger partial charge is 0.196 e. The zero-order valence-electron chi connectivity index (χ0n) is 15.7. The number of fused-ring (bicyclic) bond motifs is 1. The van der Waals surface area contributed by atoms with E-state index in [1.165, 1.54) is 0 Å². The average molecular weight is 359 g/mol. The van der Waals surface area contributed by atoms with Gasteiger partial charge in [-0.25, -0.2) is 0 Å². The minimum atomic E-state index is 0.403. The molecule has 2 rings (SSSR count). The highest BCUT2D eigenvalue weighted by molar-refractivity contribution is 5.94. The van der Waals surface area contributed by atoms with Gasteiger partial charge in [-0.15, -0.1) is 6.42 Å². The van der Waals surface area contributed by atoms with E-state index in [0.717, 1.165) is 36.6 Å². The first-order chi connectivity index (χ1) is 12.7. The minimum Gasteiger partial charge on any atom is -0.490 e. The Labute approximate surface area is 156 Å². The van der Waals surface area contributed by atoms with Crippen molar-refractivity contribution in [1.29, 1.82) is 0 Å². The van der Waals surface area contributed by atoms with E-state index in [1.807, 2.05) is 18.2 Å². The fraction of sp³-hybridized carbons (Fsp3) is 0.550. The van der Waals surface area contributed by atoms with Crippen molar-refractivity contribution < 1.29 is 14.2 Å². The second-order valence-electron chi connectivity index (χ2n) is 6.45. The fourth-order valence-electron chi connectivity index (χ4n) is 2.33. The Balaban J connectivity index is 1.91. The second kappa shape index (κ2) is 11.3. The molecule has 0 radical (unpaired) electrons. The number of terminal acetylenes is 1. The number of guanidine groups is 1. The van der Waals surface area contributed by atoms with Crippen LogP contribution in [0.25, 0.3) is 0 Å². The Kier molecular flexibility index (Phi) is 8.64. The van der Waals surface area contributed by atoms with Crippen LogP contribution >= 0.6 is 0 Å². The molecule has 0 saturated heterocycles. The van der Waals surface area contributed by atoms with Gasteiger partial charge in [-0.3, -0.25) is 4.99 Å². The predicted molar refractivity (Wildman–Crippen MR) is 105 cm³/mol. The van der Waals surface area contributed by atoms with Gasteiger partial charge in [-0.2, -0.15) is 0 Å². The maximum Gasteiger partial charge on any atom is 0.196 e. The molecule has 6 heteroatoms. The standard InChI is InChI=1S/C20H29N3O3/c1-4-9-21-20(22-10-5-11-24-15-16(2)3)23-17-7-8-18-19(14-17)26-13-6-12-25-18/h1,7-8,14,16H,5-6,9-13,15H2,2-3H3,(H2,21,22,23). The van der Waals surface area contributed by atoms with Crippen molar-refractivity contribution in [3.63, 3.8) is 0 Å². The van der Waals surface area contributed by atoms with Gasteiger partial charge in [-0.1, -0.05) is 19.8 Å². The maximum absolute atomic E-state index is 5.72. The summed E-state index contributed by atoms with van der Waals surface area (Å²) >= 11 is 0. The zero-order valence-corrected chi connectivity index (χ0v) is 15.7. The molecule has 0 aliphatic carbocycles. The van der Waals surface area contributed by atoms with Crippen LogP contribution in [0.1, 0.15) is 26.7 Å². The summed E-state index contributed by atoms with van der Waals surface area (Å²) in [5, 5.41) is 6.37. The van der Waals surface area contributed by atoms with Crippen LogP contribution in [0.2, 0.25) is 0 Å². The third-order valence-electron chi connectivity index (χ3n) is 3.54. The summed E-state index contributed by atoms with van der Waals surface area (Å²) in [4.78, 5) is 4.55. The van der Waals surface area contributed by atoms with Gasteiger partial charge < -0.3 is 24.8 Å². The summed E-state index contributed by atoms with van der Waals surface area (Å²) in [6.07, 6.45) is 7.09. The summed E-state index contributed by atoms with van der Waals surface area (Å²) in [5.41, 5.74) is 0.869. The first kappa shape index (κ1) is 19.9. The van der Waals surface area contributed by atoms with Crippen molar-refractivity contribution in [3.05, 3.63) is 18.2 Å². The monoisotopic (exact) mass is 359 g/mol. The molecule has 1 aliphatic heterocycles. The van der Waals surface area contributed by atoms with Crippen LogP contribution in [-0.4, -0.2) is 45.5 Å². The molecule has 142 valence electrons. The van der Waals surface area contributed by atoms with E-state index in [-0.39, 0.29) is 0 Å². The molecule has 1 aromatic carbocycles. The number of hydrogen-bond acceptors (Lipinski definition) is 4. The number of hydrogen-bond donors (Lipinski definition) is 2. The molecule has 0 bridgehead atoms. The number of anilines is 1. The second-order valence-corrected chi connectivity index (χ2v) is 6.45. The van der Waals surface area contributed by atoms with E-state index >= 15 is 0 Å². The summed E-state index contributed by atoms with van der Waals surface area (Å²) in [6.45, 7) is 8.15. The zero-order chi connectivity index (χ0) is 18.6. The lowest BCUT2D eigenvalue weighted by Crippen LogP contribution is -2.31. The SMILES string of the molecule is C#CCNC(=NCCCOCC(C)C)Nc1ccc2c(c1)OCCCO2. The van der Waals surface area contributed by atoms with Crippen molar-refractivity contribution in [1.82, 2.24) is 5.32 Å². The number of nitrogens with zero attached hydrogens (tertiary/aromatic N) is 1. The molecule has 26 heavy (non-hydrogen) atoms. The van der Waals surface area contributed by atoms with Crippen LogP contribution in [0.5, 0.6) is 11.5 Å². The van der Waals surface area contributed by atoms with Gasteiger partial charge in [-0.05, 0) is 24.5 Å². The third kappa shape index (κ3) is 7.24. The van der Waals surface area contributed by atoms with Gasteiger partial charge >= 0.3 is 0 Å². The van der Waals surface area contributed by atoms with Crippen LogP contribution in [0, 0.1) is 18.3 Å². The van der Waals surface area contributed by atoms with Gasteiger partial charge in [0.05, 0.1) is 19.8 Å². The Morgan fingerprint density at radius 1 is 1.31 bits per heavy atom. The molecule has 6 nitrogen and oxygen atoms in total. The Hall–Kier alpha value is -2.39. The molecule has 1 aliphatic rings. The Bertz CT molecular complexity index is 623. The fourth-order valence-corrected chi connectivity index (χ4v) is 2.33. The maximum atomic E-state index is 5.72. The topological polar surface area (TPSA) is 64.1 Å². The lowest BCUT2D eigenvalue weighted by molar-refractivity contribution is 0.109. The lowest BCUT2D eigenvalue weighted by atomic mass is 10.2. The van der Waals surface area contributed by atoms with E-state index in [0.29, 0.717) is 44.8 Å². The molecule has 0 aromatic heterocycles. The van der Waals surface area contributed by atoms with Crippen molar-refractivity contribution in [2.24, 2.45) is 10.9 Å². The molecule has 2 N–H and O–H groups in total. The van der Waals surface area contributed by atoms with Crippen LogP contribution in [0.4, 0.5) is 5.69 Å². The summed E-state index contributed by atoms with van der Waals surface area (Å²) in [7, 11) is 0. The van der Waals surface area contributed by atoms with Crippen LogP contribution in [0.15, 0.2) is 23.2 Å². The van der Waals surface area contributed by atoms with E-state index < -0.39 is 0 Å². The first-order valence-corrected chi connectivity index (χ1v) is 9.15. The Morgan fingerprint density at radius 2 is 2.12 bits per heavy atom. The molecule has 0 saturated carbocycles. The predicted octanol–water partition coefficient (Wildman–Crippen LogP) is 2.90. The van der Waals surface area contributed by atoms with Gasteiger partial charge in [0.2, 0.25) is 0 Å². The first-order valence-electron chi connectivity index (χ1n) is 9.15. The number of ether oxygens (including phenoxy) is 3. The van der Waals surface area contributed by atoms with E-state index in [9.17, 15) is 0 Å². The number of benzene rings is 1. The van der Waals surface area contributed by atoms with Gasteiger partial charge in [0.15, 0.2) is 17.5 Å². The molecular formula is C20H29N3O3. The van der Waals surface area contributed by atoms with E-state index in [1.54, 1.807) is 0 Å². The van der Waals surface area contributed by atoms with E-state index in [2.05, 4.69) is 35.4 Å². The largest absolute Gasteiger partial charge is 0.490 e. The molecule has 1 aromatic rings. The van der Waals surface area contributed by atoms with Crippen molar-refractivity contribution >= 4 is 11.6 Å². The molecule has 0 fully saturated rings. The molecule has 0 amide bonds. The van der Waals surface area contributed by atoms with Crippen LogP contribution in [0.3, 0.4) is 0 Å². The Morgan fingerprint density at radius 3 is 2.88 bits per heavy atom. The van der Waals surface area contributed by atoms with Crippen molar-refractivity contribution in [2.45, 2.75) is 26.7 Å². The van der Waals surface area contributed by atoms with E-state index in [4.69, 9.17) is 20.6 Å². The molecule has 0 atom stereocenters. The minimum absolute atomic E-state index is 0.403. The van der Waals surface area contributed by atoms with Crippen molar-refractivity contribution in [2.75, 3.05) is 44.8 Å². The quantitative estimate of drug-likeness (QED) is 0.323. The summed E-state index contributed by atoms with van der Waals surface area (Å²) in [5.74, 6) is 5.26. The molecule has 1 heterocycles. The van der Waals surface area contributed by atoms with Crippen molar-refractivity contribution in [3.8, 4) is 23.8 Å². The normalized spacial score (nSPS) is 13.8. The van der Waals surface area contributed by atoms with Gasteiger partial charge in [0, 0.05) is 37.9 Å². The lowest BCUT2D eigenvalue weighted by Gasteiger charge is -2.13. The number of aliphatic imine (C=N–C) groups is 1. The summed E-state index contributed by atoms with van der Waals surface area (Å²) in [6, 6.07) is 5.76. The van der Waals surface area contributed by atoms with Gasteiger partial charge in [0.1, 0.15) is 0 Å². The average Bonchev–Trinajstić information content (AvgIpc) is 2.87. The van der Waals surface area contributed by atoms with Crippen LogP contribution in [-0.2, 0) is 4.74 Å². The summed E-state index contributed by atoms with van der Waals surface area (Å²) < 4.78 is 17.0. The highest BCUT2D eigenvalue weighted by Crippen LogP contribution is 2.32. The molecule has 0 spiro atoms. The van der Waals surface area contributed by atoms with Crippen LogP contribution < -0.4 is 20.1 Å².